The van der Waals surface area contributed by atoms with Gasteiger partial charge in [0.05, 0.1) is 0 Å². The van der Waals surface area contributed by atoms with Gasteiger partial charge in [-0.2, -0.15) is 0 Å². The topological polar surface area (TPSA) is 15.3 Å². The molecule has 1 aliphatic carbocycles. The summed E-state index contributed by atoms with van der Waals surface area (Å²) in [6, 6.07) is 0.942. The number of unbranched alkanes of at least 4 members (excludes halogenated alkanes) is 2. The lowest BCUT2D eigenvalue weighted by Crippen LogP contribution is -2.36. The Morgan fingerprint density at radius 2 is 1.71 bits per heavy atom. The van der Waals surface area contributed by atoms with E-state index in [1.54, 1.807) is 0 Å². The Hall–Kier alpha value is -0.0800. The van der Waals surface area contributed by atoms with Crippen molar-refractivity contribution < 1.29 is 0 Å². The van der Waals surface area contributed by atoms with E-state index in [1.807, 2.05) is 0 Å². The van der Waals surface area contributed by atoms with Crippen LogP contribution in [0.4, 0.5) is 0 Å². The minimum Gasteiger partial charge on any atom is -0.312 e. The lowest BCUT2D eigenvalue weighted by atomic mass is 10.1. The molecule has 0 aromatic heterocycles. The van der Waals surface area contributed by atoms with Crippen LogP contribution in [0.2, 0.25) is 0 Å². The first-order valence-electron chi connectivity index (χ1n) is 7.52. The van der Waals surface area contributed by atoms with Crippen molar-refractivity contribution in [1.29, 1.82) is 0 Å². The zero-order valence-electron chi connectivity index (χ0n) is 12.4. The molecule has 2 nitrogen and oxygen atoms in total. The Kier molecular flexibility index (Phi) is 6.50. The van der Waals surface area contributed by atoms with Crippen LogP contribution in [0.3, 0.4) is 0 Å². The number of nitrogens with one attached hydrogen (secondary N) is 1. The van der Waals surface area contributed by atoms with Gasteiger partial charge in [-0.1, -0.05) is 13.3 Å². The molecule has 1 fully saturated rings. The molecule has 1 aliphatic rings. The van der Waals surface area contributed by atoms with Crippen LogP contribution in [-0.4, -0.2) is 36.1 Å². The van der Waals surface area contributed by atoms with Crippen LogP contribution in [-0.2, 0) is 0 Å². The molecular formula is C15H32N2. The molecule has 0 spiro atoms. The maximum absolute atomic E-state index is 3.57. The van der Waals surface area contributed by atoms with Gasteiger partial charge in [0.2, 0.25) is 0 Å². The van der Waals surface area contributed by atoms with Crippen LogP contribution in [0.5, 0.6) is 0 Å². The van der Waals surface area contributed by atoms with Crippen molar-refractivity contribution in [3.63, 3.8) is 0 Å². The van der Waals surface area contributed by atoms with Crippen molar-refractivity contribution in [1.82, 2.24) is 10.2 Å². The molecule has 2 heteroatoms. The predicted octanol–water partition coefficient (Wildman–Crippen LogP) is 3.42. The summed E-state index contributed by atoms with van der Waals surface area (Å²) in [5.41, 5.74) is 0.276. The van der Waals surface area contributed by atoms with Crippen LogP contribution in [0.15, 0.2) is 0 Å². The molecule has 17 heavy (non-hydrogen) atoms. The summed E-state index contributed by atoms with van der Waals surface area (Å²) in [5.74, 6) is 0. The van der Waals surface area contributed by atoms with Crippen LogP contribution < -0.4 is 5.32 Å². The largest absolute Gasteiger partial charge is 0.312 e. The third-order valence-corrected chi connectivity index (χ3v) is 3.39. The monoisotopic (exact) mass is 240 g/mol. The van der Waals surface area contributed by atoms with E-state index in [1.165, 1.54) is 51.6 Å². The fourth-order valence-corrected chi connectivity index (χ4v) is 2.18. The summed E-state index contributed by atoms with van der Waals surface area (Å²) in [7, 11) is 0. The zero-order chi connectivity index (χ0) is 12.7. The van der Waals surface area contributed by atoms with Gasteiger partial charge in [-0.15, -0.1) is 0 Å². The molecule has 0 aromatic rings. The summed E-state index contributed by atoms with van der Waals surface area (Å²) in [6.07, 6.45) is 8.26. The highest BCUT2D eigenvalue weighted by Crippen LogP contribution is 2.27. The first kappa shape index (κ1) is 15.0. The first-order valence-corrected chi connectivity index (χ1v) is 7.52. The maximum atomic E-state index is 3.57. The molecule has 1 saturated carbocycles. The molecule has 1 N–H and O–H groups in total. The molecule has 0 unspecified atom stereocenters. The van der Waals surface area contributed by atoms with Crippen LogP contribution in [0.1, 0.15) is 66.2 Å². The highest BCUT2D eigenvalue weighted by Gasteiger charge is 2.27. The Balaban J connectivity index is 2.02. The Morgan fingerprint density at radius 3 is 2.24 bits per heavy atom. The zero-order valence-corrected chi connectivity index (χ0v) is 12.4. The average Bonchev–Trinajstić information content (AvgIpc) is 3.04. The number of nitrogens with zero attached hydrogens (tertiary/aromatic N) is 1. The highest BCUT2D eigenvalue weighted by molar-refractivity contribution is 4.84. The Morgan fingerprint density at radius 1 is 1.06 bits per heavy atom. The fourth-order valence-electron chi connectivity index (χ4n) is 2.18. The van der Waals surface area contributed by atoms with Crippen molar-refractivity contribution in [2.45, 2.75) is 77.8 Å². The molecule has 0 aromatic carbocycles. The average molecular weight is 240 g/mol. The van der Waals surface area contributed by atoms with E-state index in [2.05, 4.69) is 37.9 Å². The van der Waals surface area contributed by atoms with Crippen molar-refractivity contribution in [2.75, 3.05) is 19.6 Å². The Bertz CT molecular complexity index is 192. The number of hydrogen-bond donors (Lipinski definition) is 1. The van der Waals surface area contributed by atoms with E-state index in [0.29, 0.717) is 0 Å². The minimum atomic E-state index is 0.276. The Labute approximate surface area is 108 Å². The van der Waals surface area contributed by atoms with Gasteiger partial charge in [-0.05, 0) is 72.5 Å². The van der Waals surface area contributed by atoms with Crippen LogP contribution in [0.25, 0.3) is 0 Å². The number of rotatable bonds is 9. The second-order valence-electron chi connectivity index (χ2n) is 6.50. The smallest absolute Gasteiger partial charge is 0.00965 e. The lowest BCUT2D eigenvalue weighted by molar-refractivity contribution is 0.252. The summed E-state index contributed by atoms with van der Waals surface area (Å²) in [5, 5.41) is 3.57. The molecule has 102 valence electrons. The standard InChI is InChI=1S/C15H32N2/c1-5-6-12-17(14-9-10-14)13-8-7-11-16-15(2,3)4/h14,16H,5-13H2,1-4H3. The first-order chi connectivity index (χ1) is 8.03. The van der Waals surface area contributed by atoms with Gasteiger partial charge in [0.15, 0.2) is 0 Å². The van der Waals surface area contributed by atoms with Crippen LogP contribution in [0, 0.1) is 0 Å². The molecule has 0 atom stereocenters. The fraction of sp³-hybridized carbons (Fsp3) is 1.00. The molecule has 0 bridgehead atoms. The van der Waals surface area contributed by atoms with Crippen molar-refractivity contribution in [3.05, 3.63) is 0 Å². The highest BCUT2D eigenvalue weighted by atomic mass is 15.2. The van der Waals surface area contributed by atoms with Gasteiger partial charge < -0.3 is 10.2 Å². The van der Waals surface area contributed by atoms with Crippen molar-refractivity contribution >= 4 is 0 Å². The van der Waals surface area contributed by atoms with Crippen molar-refractivity contribution in [3.8, 4) is 0 Å². The predicted molar refractivity (Wildman–Crippen MR) is 76.5 cm³/mol. The second kappa shape index (κ2) is 7.38. The van der Waals surface area contributed by atoms with E-state index < -0.39 is 0 Å². The second-order valence-corrected chi connectivity index (χ2v) is 6.50. The lowest BCUT2D eigenvalue weighted by Gasteiger charge is -2.23. The molecule has 1 rings (SSSR count). The minimum absolute atomic E-state index is 0.276. The summed E-state index contributed by atoms with van der Waals surface area (Å²) in [6.45, 7) is 12.8. The maximum Gasteiger partial charge on any atom is 0.00965 e. The summed E-state index contributed by atoms with van der Waals surface area (Å²) < 4.78 is 0. The van der Waals surface area contributed by atoms with E-state index in [4.69, 9.17) is 0 Å². The third-order valence-electron chi connectivity index (χ3n) is 3.39. The van der Waals surface area contributed by atoms with Gasteiger partial charge >= 0.3 is 0 Å². The van der Waals surface area contributed by atoms with Gasteiger partial charge in [0.25, 0.3) is 0 Å². The van der Waals surface area contributed by atoms with Gasteiger partial charge in [0.1, 0.15) is 0 Å². The molecule has 0 saturated heterocycles. The molecule has 0 heterocycles. The molecule has 0 radical (unpaired) electrons. The summed E-state index contributed by atoms with van der Waals surface area (Å²) in [4.78, 5) is 2.72. The van der Waals surface area contributed by atoms with E-state index in [-0.39, 0.29) is 5.54 Å². The number of hydrogen-bond acceptors (Lipinski definition) is 2. The van der Waals surface area contributed by atoms with Gasteiger partial charge in [0, 0.05) is 11.6 Å². The molecular weight excluding hydrogens is 208 g/mol. The molecule has 0 amide bonds. The van der Waals surface area contributed by atoms with Gasteiger partial charge in [-0.25, -0.2) is 0 Å². The van der Waals surface area contributed by atoms with Crippen LogP contribution >= 0.6 is 0 Å². The normalized spacial score (nSPS) is 16.8. The SMILES string of the molecule is CCCCN(CCCCNC(C)(C)C)C1CC1. The molecule has 0 aliphatic heterocycles. The quantitative estimate of drug-likeness (QED) is 0.621. The van der Waals surface area contributed by atoms with E-state index in [0.717, 1.165) is 12.6 Å². The van der Waals surface area contributed by atoms with Crippen molar-refractivity contribution in [2.24, 2.45) is 0 Å². The summed E-state index contributed by atoms with van der Waals surface area (Å²) >= 11 is 0. The van der Waals surface area contributed by atoms with E-state index >= 15 is 0 Å². The van der Waals surface area contributed by atoms with E-state index in [9.17, 15) is 0 Å². The van der Waals surface area contributed by atoms with Gasteiger partial charge in [-0.3, -0.25) is 0 Å². The third kappa shape index (κ3) is 7.77.